The molecule has 1 heterocycles. The van der Waals surface area contributed by atoms with Crippen molar-refractivity contribution in [1.82, 2.24) is 10.3 Å². The maximum atomic E-state index is 11.6. The van der Waals surface area contributed by atoms with Gasteiger partial charge in [0.1, 0.15) is 0 Å². The molecule has 0 saturated heterocycles. The van der Waals surface area contributed by atoms with Crippen LogP contribution in [0.2, 0.25) is 0 Å². The largest absolute Gasteiger partial charge is 0.377 e. The van der Waals surface area contributed by atoms with Gasteiger partial charge >= 0.3 is 0 Å². The summed E-state index contributed by atoms with van der Waals surface area (Å²) in [5.74, 6) is -0.0402. The molecule has 2 aromatic rings. The Balaban J connectivity index is 2.01. The normalized spacial score (nSPS) is 11.9. The second-order valence-electron chi connectivity index (χ2n) is 4.22. The molecule has 1 aromatic carbocycles. The summed E-state index contributed by atoms with van der Waals surface area (Å²) in [7, 11) is 0. The van der Waals surface area contributed by atoms with Gasteiger partial charge in [-0.15, -0.1) is 11.3 Å². The van der Waals surface area contributed by atoms with Gasteiger partial charge in [-0.05, 0) is 38.1 Å². The third-order valence-electron chi connectivity index (χ3n) is 2.76. The van der Waals surface area contributed by atoms with Gasteiger partial charge in [0.15, 0.2) is 0 Å². The van der Waals surface area contributed by atoms with Crippen molar-refractivity contribution in [3.8, 4) is 0 Å². The zero-order valence-electron chi connectivity index (χ0n) is 11.0. The minimum atomic E-state index is -0.0402. The van der Waals surface area contributed by atoms with Crippen LogP contribution in [0.25, 0.3) is 0 Å². The molecule has 5 heteroatoms. The van der Waals surface area contributed by atoms with E-state index in [1.54, 1.807) is 11.3 Å². The number of rotatable bonds is 5. The molecular formula is C14H17N3OS. The van der Waals surface area contributed by atoms with Crippen LogP contribution in [-0.2, 0) is 0 Å². The number of hydrogen-bond acceptors (Lipinski definition) is 4. The van der Waals surface area contributed by atoms with Crippen LogP contribution in [-0.4, -0.2) is 17.4 Å². The van der Waals surface area contributed by atoms with Crippen LogP contribution in [0.5, 0.6) is 0 Å². The lowest BCUT2D eigenvalue weighted by Crippen LogP contribution is -2.22. The molecule has 0 aliphatic carbocycles. The summed E-state index contributed by atoms with van der Waals surface area (Å²) in [6.45, 7) is 4.61. The molecule has 1 atom stereocenters. The Morgan fingerprint density at radius 1 is 1.37 bits per heavy atom. The maximum Gasteiger partial charge on any atom is 0.251 e. The molecule has 1 amide bonds. The molecule has 19 heavy (non-hydrogen) atoms. The third kappa shape index (κ3) is 3.54. The third-order valence-corrected chi connectivity index (χ3v) is 3.37. The molecule has 100 valence electrons. The van der Waals surface area contributed by atoms with Crippen molar-refractivity contribution in [2.75, 3.05) is 11.9 Å². The zero-order chi connectivity index (χ0) is 13.7. The van der Waals surface area contributed by atoms with Gasteiger partial charge in [-0.25, -0.2) is 4.98 Å². The van der Waals surface area contributed by atoms with E-state index in [0.717, 1.165) is 11.4 Å². The Bertz CT molecular complexity index is 522. The first-order valence-corrected chi connectivity index (χ1v) is 7.18. The van der Waals surface area contributed by atoms with Crippen molar-refractivity contribution in [2.45, 2.75) is 19.9 Å². The van der Waals surface area contributed by atoms with Crippen LogP contribution in [0.1, 0.15) is 35.9 Å². The van der Waals surface area contributed by atoms with Crippen LogP contribution in [0.15, 0.2) is 35.2 Å². The summed E-state index contributed by atoms with van der Waals surface area (Å²) < 4.78 is 0. The molecule has 0 spiro atoms. The first kappa shape index (κ1) is 13.5. The van der Waals surface area contributed by atoms with Crippen molar-refractivity contribution in [3.05, 3.63) is 46.4 Å². The minimum absolute atomic E-state index is 0.0402. The lowest BCUT2D eigenvalue weighted by atomic mass is 10.1. The Hall–Kier alpha value is -1.88. The van der Waals surface area contributed by atoms with E-state index in [0.29, 0.717) is 12.1 Å². The average molecular weight is 275 g/mol. The topological polar surface area (TPSA) is 54.0 Å². The van der Waals surface area contributed by atoms with Gasteiger partial charge < -0.3 is 10.6 Å². The van der Waals surface area contributed by atoms with Crippen molar-refractivity contribution >= 4 is 22.9 Å². The summed E-state index contributed by atoms with van der Waals surface area (Å²) in [6.07, 6.45) is 0. The summed E-state index contributed by atoms with van der Waals surface area (Å²) in [6, 6.07) is 7.62. The van der Waals surface area contributed by atoms with Crippen molar-refractivity contribution in [1.29, 1.82) is 0 Å². The van der Waals surface area contributed by atoms with Gasteiger partial charge in [0.25, 0.3) is 5.91 Å². The van der Waals surface area contributed by atoms with E-state index in [2.05, 4.69) is 22.5 Å². The fourth-order valence-electron chi connectivity index (χ4n) is 1.74. The number of hydrogen-bond donors (Lipinski definition) is 2. The summed E-state index contributed by atoms with van der Waals surface area (Å²) in [5, 5.41) is 8.16. The molecule has 0 bridgehead atoms. The molecule has 0 fully saturated rings. The fraction of sp³-hybridized carbons (Fsp3) is 0.286. The van der Waals surface area contributed by atoms with Gasteiger partial charge in [0.2, 0.25) is 0 Å². The molecule has 0 aliphatic rings. The fourth-order valence-corrected chi connectivity index (χ4v) is 2.39. The molecular weight excluding hydrogens is 258 g/mol. The predicted molar refractivity (Wildman–Crippen MR) is 78.6 cm³/mol. The summed E-state index contributed by atoms with van der Waals surface area (Å²) in [5.41, 5.74) is 4.51. The maximum absolute atomic E-state index is 11.6. The molecule has 0 saturated carbocycles. The predicted octanol–water partition coefficient (Wildman–Crippen LogP) is 3.07. The number of carbonyl (C=O) groups is 1. The number of nitrogens with one attached hydrogen (secondary N) is 2. The highest BCUT2D eigenvalue weighted by molar-refractivity contribution is 7.07. The molecule has 0 aliphatic heterocycles. The molecule has 1 unspecified atom stereocenters. The van der Waals surface area contributed by atoms with Crippen molar-refractivity contribution in [2.24, 2.45) is 0 Å². The Morgan fingerprint density at radius 2 is 2.11 bits per heavy atom. The summed E-state index contributed by atoms with van der Waals surface area (Å²) in [4.78, 5) is 15.9. The zero-order valence-corrected chi connectivity index (χ0v) is 11.8. The molecule has 4 nitrogen and oxygen atoms in total. The monoisotopic (exact) mass is 275 g/mol. The van der Waals surface area contributed by atoms with Crippen molar-refractivity contribution in [3.63, 3.8) is 0 Å². The molecule has 2 rings (SSSR count). The van der Waals surface area contributed by atoms with Crippen LogP contribution >= 0.6 is 11.3 Å². The van der Waals surface area contributed by atoms with E-state index in [9.17, 15) is 4.79 Å². The highest BCUT2D eigenvalue weighted by Crippen LogP contribution is 2.19. The quantitative estimate of drug-likeness (QED) is 0.881. The van der Waals surface area contributed by atoms with Gasteiger partial charge in [-0.3, -0.25) is 4.79 Å². The number of amides is 1. The van der Waals surface area contributed by atoms with Crippen LogP contribution in [0, 0.1) is 0 Å². The van der Waals surface area contributed by atoms with E-state index in [1.807, 2.05) is 42.1 Å². The number of nitrogens with zero attached hydrogens (tertiary/aromatic N) is 1. The van der Waals surface area contributed by atoms with Gasteiger partial charge in [-0.1, -0.05) is 0 Å². The number of aromatic nitrogens is 1. The number of benzene rings is 1. The van der Waals surface area contributed by atoms with E-state index in [4.69, 9.17) is 0 Å². The summed E-state index contributed by atoms with van der Waals surface area (Å²) >= 11 is 1.59. The number of carbonyl (C=O) groups excluding carboxylic acids is 1. The van der Waals surface area contributed by atoms with Crippen LogP contribution in [0.4, 0.5) is 5.69 Å². The minimum Gasteiger partial charge on any atom is -0.377 e. The highest BCUT2D eigenvalue weighted by Gasteiger charge is 2.08. The SMILES string of the molecule is CCNC(=O)c1ccc(NC(C)c2cscn2)cc1. The lowest BCUT2D eigenvalue weighted by Gasteiger charge is -2.13. The van der Waals surface area contributed by atoms with Gasteiger partial charge in [0, 0.05) is 23.2 Å². The van der Waals surface area contributed by atoms with E-state index < -0.39 is 0 Å². The second kappa shape index (κ2) is 6.33. The second-order valence-corrected chi connectivity index (χ2v) is 4.93. The van der Waals surface area contributed by atoms with E-state index >= 15 is 0 Å². The number of thiazole rings is 1. The highest BCUT2D eigenvalue weighted by atomic mass is 32.1. The van der Waals surface area contributed by atoms with Crippen LogP contribution < -0.4 is 10.6 Å². The van der Waals surface area contributed by atoms with Crippen LogP contribution in [0.3, 0.4) is 0 Å². The smallest absolute Gasteiger partial charge is 0.251 e. The molecule has 0 radical (unpaired) electrons. The first-order chi connectivity index (χ1) is 9.20. The van der Waals surface area contributed by atoms with E-state index in [-0.39, 0.29) is 11.9 Å². The van der Waals surface area contributed by atoms with Gasteiger partial charge in [-0.2, -0.15) is 0 Å². The Morgan fingerprint density at radius 3 is 2.68 bits per heavy atom. The average Bonchev–Trinajstić information content (AvgIpc) is 2.94. The number of anilines is 1. The molecule has 1 aromatic heterocycles. The Kier molecular flexibility index (Phi) is 4.52. The first-order valence-electron chi connectivity index (χ1n) is 6.23. The van der Waals surface area contributed by atoms with Gasteiger partial charge in [0.05, 0.1) is 17.2 Å². The standard InChI is InChI=1S/C14H17N3OS/c1-3-15-14(18)11-4-6-12(7-5-11)17-10(2)13-8-19-9-16-13/h4-10,17H,3H2,1-2H3,(H,15,18). The lowest BCUT2D eigenvalue weighted by molar-refractivity contribution is 0.0956. The van der Waals surface area contributed by atoms with Crippen molar-refractivity contribution < 1.29 is 4.79 Å². The molecule has 2 N–H and O–H groups in total. The van der Waals surface area contributed by atoms with E-state index in [1.165, 1.54) is 0 Å². The Labute approximate surface area is 116 Å².